The van der Waals surface area contributed by atoms with Gasteiger partial charge in [-0.05, 0) is 24.6 Å². The van der Waals surface area contributed by atoms with Gasteiger partial charge in [0.1, 0.15) is 5.82 Å². The minimum Gasteiger partial charge on any atom is -0.478 e. The molecule has 4 heteroatoms. The summed E-state index contributed by atoms with van der Waals surface area (Å²) in [5.74, 6) is -0.105. The Kier molecular flexibility index (Phi) is 2.56. The molecule has 19 heavy (non-hydrogen) atoms. The van der Waals surface area contributed by atoms with E-state index in [9.17, 15) is 4.79 Å². The topological polar surface area (TPSA) is 54.6 Å². The maximum atomic E-state index is 10.9. The lowest BCUT2D eigenvalue weighted by Crippen LogP contribution is -1.98. The van der Waals surface area contributed by atoms with E-state index in [1.54, 1.807) is 24.5 Å². The summed E-state index contributed by atoms with van der Waals surface area (Å²) in [6.45, 7) is 2.03. The van der Waals surface area contributed by atoms with Gasteiger partial charge in [-0.3, -0.25) is 4.40 Å². The van der Waals surface area contributed by atoms with Crippen LogP contribution in [0.15, 0.2) is 48.8 Å². The summed E-state index contributed by atoms with van der Waals surface area (Å²) < 4.78 is 1.90. The summed E-state index contributed by atoms with van der Waals surface area (Å²) >= 11 is 0. The lowest BCUT2D eigenvalue weighted by atomic mass is 10.1. The molecule has 3 rings (SSSR count). The Labute approximate surface area is 110 Å². The van der Waals surface area contributed by atoms with Crippen molar-refractivity contribution in [1.29, 1.82) is 0 Å². The Morgan fingerprint density at radius 1 is 1.26 bits per heavy atom. The zero-order valence-corrected chi connectivity index (χ0v) is 10.4. The molecular weight excluding hydrogens is 240 g/mol. The van der Waals surface area contributed by atoms with E-state index in [-0.39, 0.29) is 5.56 Å². The van der Waals surface area contributed by atoms with E-state index in [0.717, 1.165) is 22.5 Å². The second-order valence-electron chi connectivity index (χ2n) is 4.41. The quantitative estimate of drug-likeness (QED) is 0.762. The van der Waals surface area contributed by atoms with E-state index in [2.05, 4.69) is 4.98 Å². The molecule has 0 aliphatic heterocycles. The summed E-state index contributed by atoms with van der Waals surface area (Å²) in [7, 11) is 0. The van der Waals surface area contributed by atoms with Crippen LogP contribution in [0.2, 0.25) is 0 Å². The molecule has 0 aliphatic carbocycles. The lowest BCUT2D eigenvalue weighted by molar-refractivity contribution is 0.0697. The number of hydrogen-bond acceptors (Lipinski definition) is 2. The molecule has 0 bridgehead atoms. The van der Waals surface area contributed by atoms with E-state index in [1.807, 2.05) is 35.6 Å². The average Bonchev–Trinajstić information content (AvgIpc) is 2.82. The van der Waals surface area contributed by atoms with Gasteiger partial charge >= 0.3 is 5.97 Å². The molecule has 2 heterocycles. The third-order valence-corrected chi connectivity index (χ3v) is 3.16. The van der Waals surface area contributed by atoms with Gasteiger partial charge in [-0.2, -0.15) is 0 Å². The van der Waals surface area contributed by atoms with Crippen LogP contribution in [-0.2, 0) is 0 Å². The highest BCUT2D eigenvalue weighted by Gasteiger charge is 2.10. The van der Waals surface area contributed by atoms with Crippen LogP contribution in [0.25, 0.3) is 16.9 Å². The number of carboxylic acid groups (broad SMARTS) is 1. The number of carboxylic acids is 1. The van der Waals surface area contributed by atoms with Crippen LogP contribution in [0.4, 0.5) is 0 Å². The molecule has 0 saturated carbocycles. The van der Waals surface area contributed by atoms with Crippen LogP contribution in [0.3, 0.4) is 0 Å². The van der Waals surface area contributed by atoms with Crippen molar-refractivity contribution in [3.63, 3.8) is 0 Å². The molecule has 0 unspecified atom stereocenters. The largest absolute Gasteiger partial charge is 0.478 e. The standard InChI is InChI=1S/C15H12N2O2/c1-10-4-2-3-5-13(10)14-16-9-12-8-11(15(18)19)6-7-17(12)14/h2-9H,1H3,(H,18,19). The Hall–Kier alpha value is -2.62. The van der Waals surface area contributed by atoms with E-state index in [4.69, 9.17) is 5.11 Å². The predicted molar refractivity (Wildman–Crippen MR) is 72.3 cm³/mol. The van der Waals surface area contributed by atoms with Gasteiger partial charge in [0.15, 0.2) is 0 Å². The molecule has 0 aliphatic rings. The SMILES string of the molecule is Cc1ccccc1-c1ncc2cc(C(=O)O)ccn12. The number of aromatic carboxylic acids is 1. The summed E-state index contributed by atoms with van der Waals surface area (Å²) in [5, 5.41) is 8.98. The fourth-order valence-corrected chi connectivity index (χ4v) is 2.16. The van der Waals surface area contributed by atoms with Crippen molar-refractivity contribution >= 4 is 11.5 Å². The van der Waals surface area contributed by atoms with Gasteiger partial charge in [-0.15, -0.1) is 0 Å². The molecule has 3 aromatic rings. The summed E-state index contributed by atoms with van der Waals surface area (Å²) in [6.07, 6.45) is 3.43. The molecule has 1 N–H and O–H groups in total. The number of benzene rings is 1. The van der Waals surface area contributed by atoms with Gasteiger partial charge in [0.2, 0.25) is 0 Å². The van der Waals surface area contributed by atoms with Crippen molar-refractivity contribution in [3.8, 4) is 11.4 Å². The summed E-state index contributed by atoms with van der Waals surface area (Å²) in [4.78, 5) is 15.3. The smallest absolute Gasteiger partial charge is 0.335 e. The highest BCUT2D eigenvalue weighted by molar-refractivity contribution is 5.89. The third kappa shape index (κ3) is 1.87. The van der Waals surface area contributed by atoms with Gasteiger partial charge < -0.3 is 5.11 Å². The number of pyridine rings is 1. The number of imidazole rings is 1. The average molecular weight is 252 g/mol. The number of carbonyl (C=O) groups is 1. The summed E-state index contributed by atoms with van der Waals surface area (Å²) in [6, 6.07) is 11.2. The lowest BCUT2D eigenvalue weighted by Gasteiger charge is -2.05. The summed E-state index contributed by atoms with van der Waals surface area (Å²) in [5.41, 5.74) is 3.23. The highest BCUT2D eigenvalue weighted by Crippen LogP contribution is 2.23. The molecular formula is C15H12N2O2. The zero-order valence-electron chi connectivity index (χ0n) is 10.4. The number of aromatic nitrogens is 2. The predicted octanol–water partition coefficient (Wildman–Crippen LogP) is 3.01. The first kappa shape index (κ1) is 11.5. The minimum absolute atomic E-state index is 0.267. The maximum absolute atomic E-state index is 10.9. The first-order valence-electron chi connectivity index (χ1n) is 5.93. The van der Waals surface area contributed by atoms with Crippen molar-refractivity contribution in [2.45, 2.75) is 6.92 Å². The fourth-order valence-electron chi connectivity index (χ4n) is 2.16. The monoisotopic (exact) mass is 252 g/mol. The van der Waals surface area contributed by atoms with Gasteiger partial charge in [0, 0.05) is 11.8 Å². The van der Waals surface area contributed by atoms with Gasteiger partial charge in [0.05, 0.1) is 17.3 Å². The van der Waals surface area contributed by atoms with Crippen LogP contribution in [0, 0.1) is 6.92 Å². The molecule has 0 atom stereocenters. The maximum Gasteiger partial charge on any atom is 0.335 e. The van der Waals surface area contributed by atoms with Gasteiger partial charge in [-0.1, -0.05) is 24.3 Å². The molecule has 0 radical (unpaired) electrons. The number of hydrogen-bond donors (Lipinski definition) is 1. The molecule has 1 aromatic carbocycles. The first-order valence-corrected chi connectivity index (χ1v) is 5.93. The second kappa shape index (κ2) is 4.24. The number of rotatable bonds is 2. The van der Waals surface area contributed by atoms with Crippen molar-refractivity contribution in [3.05, 3.63) is 59.9 Å². The first-order chi connectivity index (χ1) is 9.16. The highest BCUT2D eigenvalue weighted by atomic mass is 16.4. The second-order valence-corrected chi connectivity index (χ2v) is 4.41. The Morgan fingerprint density at radius 3 is 2.79 bits per heavy atom. The molecule has 4 nitrogen and oxygen atoms in total. The number of nitrogens with zero attached hydrogens (tertiary/aromatic N) is 2. The van der Waals surface area contributed by atoms with E-state index < -0.39 is 5.97 Å². The zero-order chi connectivity index (χ0) is 13.4. The van der Waals surface area contributed by atoms with Crippen molar-refractivity contribution in [1.82, 2.24) is 9.38 Å². The van der Waals surface area contributed by atoms with E-state index in [0.29, 0.717) is 0 Å². The fraction of sp³-hybridized carbons (Fsp3) is 0.0667. The van der Waals surface area contributed by atoms with E-state index in [1.165, 1.54) is 0 Å². The van der Waals surface area contributed by atoms with Crippen molar-refractivity contribution < 1.29 is 9.90 Å². The number of aryl methyl sites for hydroxylation is 1. The Bertz CT molecular complexity index is 775. The van der Waals surface area contributed by atoms with Gasteiger partial charge in [-0.25, -0.2) is 9.78 Å². The van der Waals surface area contributed by atoms with Crippen LogP contribution in [-0.4, -0.2) is 20.5 Å². The normalized spacial score (nSPS) is 10.8. The molecule has 0 saturated heterocycles. The van der Waals surface area contributed by atoms with Crippen LogP contribution < -0.4 is 0 Å². The molecule has 0 amide bonds. The van der Waals surface area contributed by atoms with Gasteiger partial charge in [0.25, 0.3) is 0 Å². The molecule has 2 aromatic heterocycles. The molecule has 0 spiro atoms. The van der Waals surface area contributed by atoms with Crippen molar-refractivity contribution in [2.24, 2.45) is 0 Å². The Morgan fingerprint density at radius 2 is 2.05 bits per heavy atom. The van der Waals surface area contributed by atoms with Crippen LogP contribution >= 0.6 is 0 Å². The minimum atomic E-state index is -0.929. The third-order valence-electron chi connectivity index (χ3n) is 3.16. The Balaban J connectivity index is 2.22. The van der Waals surface area contributed by atoms with E-state index >= 15 is 0 Å². The van der Waals surface area contributed by atoms with Crippen molar-refractivity contribution in [2.75, 3.05) is 0 Å². The number of fused-ring (bicyclic) bond motifs is 1. The van der Waals surface area contributed by atoms with Crippen LogP contribution in [0.5, 0.6) is 0 Å². The molecule has 94 valence electrons. The van der Waals surface area contributed by atoms with Crippen LogP contribution in [0.1, 0.15) is 15.9 Å². The molecule has 0 fully saturated rings.